The van der Waals surface area contributed by atoms with Crippen LogP contribution in [0.15, 0.2) is 29.4 Å². The first-order valence-corrected chi connectivity index (χ1v) is 46.7. The standard InChI is InChI=1S/C11H13NO4.S29/c1-8(12-16-7-11(14)15)10-4-2-9(6-13)3-5-10;1-3-5-7-9-11-13-15-17-19-21-23-25-27-29-28-26-24-22-20-18-16-14-12-10-8-6-4-2/h2-5,13H,6-7H2,1H3,(H,14,15);/b12-8+;. The van der Waals surface area contributed by atoms with Gasteiger partial charge in [-0.3, -0.25) is 0 Å². The van der Waals surface area contributed by atoms with Crippen molar-refractivity contribution in [2.24, 2.45) is 5.16 Å². The van der Waals surface area contributed by atoms with Crippen molar-refractivity contribution >= 4 is 274 Å². The molecule has 0 aromatic heterocycles. The van der Waals surface area contributed by atoms with Gasteiger partial charge in [-0.15, -0.1) is 0 Å². The van der Waals surface area contributed by atoms with Gasteiger partial charge in [0.15, 0.2) is 0 Å². The number of hydrogen-bond donors (Lipinski definition) is 2. The number of aliphatic hydroxyl groups excluding tert-OH is 1. The molecule has 0 bridgehead atoms. The Morgan fingerprint density at radius 1 is 0.600 bits per heavy atom. The van der Waals surface area contributed by atoms with Crippen molar-refractivity contribution in [3.63, 3.8) is 0 Å². The van der Waals surface area contributed by atoms with E-state index in [1.54, 1.807) is 156 Å². The van der Waals surface area contributed by atoms with Crippen molar-refractivity contribution in [1.29, 1.82) is 0 Å². The van der Waals surface area contributed by atoms with Crippen LogP contribution in [-0.2, 0) is 278 Å². The average molecular weight is 1150 g/mol. The van der Waals surface area contributed by atoms with E-state index in [4.69, 9.17) is 32.6 Å². The normalized spacial score (nSPS) is 8.89. The van der Waals surface area contributed by atoms with Gasteiger partial charge in [-0.1, -0.05) is 29.4 Å². The van der Waals surface area contributed by atoms with Crippen molar-refractivity contribution in [2.75, 3.05) is 6.61 Å². The number of rotatable bonds is 5. The molecule has 0 aliphatic rings. The fourth-order valence-corrected chi connectivity index (χ4v) is 70.0. The van der Waals surface area contributed by atoms with Crippen LogP contribution in [0.3, 0.4) is 0 Å². The first kappa shape index (κ1) is 49.5. The summed E-state index contributed by atoms with van der Waals surface area (Å²) in [6.07, 6.45) is 0. The predicted octanol–water partition coefficient (Wildman–Crippen LogP) is 0.934. The van der Waals surface area contributed by atoms with Crippen LogP contribution in [0.4, 0.5) is 0 Å². The van der Waals surface area contributed by atoms with E-state index in [0.29, 0.717) is 5.71 Å². The molecule has 34 heteroatoms. The van der Waals surface area contributed by atoms with Gasteiger partial charge < -0.3 is 15.1 Å². The fraction of sp³-hybridized carbons (Fsp3) is 0.273. The fourth-order valence-electron chi connectivity index (χ4n) is 1.37. The van der Waals surface area contributed by atoms with Gasteiger partial charge in [0.25, 0.3) is 0 Å². The smallest absolute Gasteiger partial charge is 0.344 e. The Morgan fingerprint density at radius 2 is 0.889 bits per heavy atom. The minimum atomic E-state index is -1.06. The van der Waals surface area contributed by atoms with Gasteiger partial charge in [0, 0.05) is 262 Å². The summed E-state index contributed by atoms with van der Waals surface area (Å²) in [6, 6.07) is 7.11. The molecule has 0 aliphatic heterocycles. The maximum Gasteiger partial charge on any atom is 0.344 e. The molecule has 0 saturated carbocycles. The van der Waals surface area contributed by atoms with Crippen LogP contribution in [0, 0.1) is 0 Å². The summed E-state index contributed by atoms with van der Waals surface area (Å²) < 4.78 is 0. The second-order valence-electron chi connectivity index (χ2n) is 5.04. The van der Waals surface area contributed by atoms with E-state index in [-0.39, 0.29) is 6.61 Å². The topological polar surface area (TPSA) is 79.1 Å². The number of carbonyl (C=O) groups is 1. The van der Waals surface area contributed by atoms with Crippen molar-refractivity contribution in [2.45, 2.75) is 13.5 Å². The number of nitrogens with zero attached hydrogens (tertiary/aromatic N) is 1. The van der Waals surface area contributed by atoms with Gasteiger partial charge in [-0.2, -0.15) is 0 Å². The molecule has 0 unspecified atom stereocenters. The number of carboxylic acid groups (broad SMARTS) is 1. The molecular formula is C11H13NO4S29. The lowest BCUT2D eigenvalue weighted by Crippen LogP contribution is -2.05. The summed E-state index contributed by atoms with van der Waals surface area (Å²) in [7, 11) is 47.3. The zero-order valence-corrected chi connectivity index (χ0v) is 44.4. The minimum absolute atomic E-state index is 0.00795. The van der Waals surface area contributed by atoms with Crippen molar-refractivity contribution in [1.82, 2.24) is 0 Å². The molecule has 0 atom stereocenters. The number of oxime groups is 1. The maximum absolute atomic E-state index is 10.2. The second-order valence-corrected chi connectivity index (χ2v) is 52.8. The van der Waals surface area contributed by atoms with E-state index in [2.05, 4.69) is 9.99 Å². The first-order valence-electron chi connectivity index (χ1n) is 9.38. The van der Waals surface area contributed by atoms with Crippen molar-refractivity contribution in [3.05, 3.63) is 35.4 Å². The highest BCUT2D eigenvalue weighted by atomic mass is 33.5. The van der Waals surface area contributed by atoms with E-state index < -0.39 is 12.6 Å². The molecule has 0 spiro atoms. The average Bonchev–Trinajstić information content (AvgIpc) is 3.05. The molecule has 0 radical (unpaired) electrons. The zero-order chi connectivity index (χ0) is 33.1. The Kier molecular flexibility index (Phi) is 45.4. The predicted molar refractivity (Wildman–Crippen MR) is 272 cm³/mol. The van der Waals surface area contributed by atoms with Crippen LogP contribution in [-0.4, -0.2) is 28.5 Å². The maximum atomic E-state index is 10.2. The number of aliphatic hydroxyl groups is 1. The van der Waals surface area contributed by atoms with E-state index in [0.717, 1.165) is 11.1 Å². The van der Waals surface area contributed by atoms with Crippen molar-refractivity contribution in [3.8, 4) is 0 Å². The number of benzene rings is 1. The molecule has 1 aromatic carbocycles. The summed E-state index contributed by atoms with van der Waals surface area (Å²) in [5.41, 5.74) is 2.22. The van der Waals surface area contributed by atoms with Crippen LogP contribution >= 0.6 is 0 Å². The molecule has 0 aliphatic carbocycles. The molecule has 0 fully saturated rings. The van der Waals surface area contributed by atoms with Gasteiger partial charge in [-0.25, -0.2) is 4.79 Å². The third-order valence-electron chi connectivity index (χ3n) is 2.67. The lowest BCUT2D eigenvalue weighted by Gasteiger charge is -2.02. The second kappa shape index (κ2) is 41.3. The van der Waals surface area contributed by atoms with Crippen LogP contribution in [0.2, 0.25) is 0 Å². The van der Waals surface area contributed by atoms with Gasteiger partial charge in [0.2, 0.25) is 6.61 Å². The monoisotopic (exact) mass is 1150 g/mol. The lowest BCUT2D eigenvalue weighted by molar-refractivity contribution is -0.142. The summed E-state index contributed by atoms with van der Waals surface area (Å²) >= 11 is 9.57. The van der Waals surface area contributed by atoms with Crippen LogP contribution in [0.25, 0.3) is 0 Å². The number of hydrogen-bond acceptors (Lipinski definition) is 6. The van der Waals surface area contributed by atoms with E-state index in [1.807, 2.05) is 97.7 Å². The molecular weight excluding hydrogens is 1140 g/mol. The van der Waals surface area contributed by atoms with Gasteiger partial charge in [-0.05, 0) is 18.1 Å². The summed E-state index contributed by atoms with van der Waals surface area (Å²) in [4.78, 5) is 14.8. The Labute approximate surface area is 346 Å². The Bertz CT molecular complexity index is 2270. The summed E-state index contributed by atoms with van der Waals surface area (Å²) in [5.74, 6) is -1.06. The van der Waals surface area contributed by atoms with E-state index in [1.165, 1.54) is 17.8 Å². The highest BCUT2D eigenvalue weighted by Gasteiger charge is 2.00. The largest absolute Gasteiger partial charge is 0.479 e. The molecule has 260 valence electrons. The lowest BCUT2D eigenvalue weighted by atomic mass is 10.1. The zero-order valence-electron chi connectivity index (χ0n) is 20.7. The summed E-state index contributed by atoms with van der Waals surface area (Å²) in [6.45, 7) is 1.26. The molecule has 0 heterocycles. The van der Waals surface area contributed by atoms with E-state index in [9.17, 15) is 4.79 Å². The third kappa shape index (κ3) is 38.0. The third-order valence-corrected chi connectivity index (χ3v) is 60.4. The first-order chi connectivity index (χ1) is 22.0. The van der Waals surface area contributed by atoms with Gasteiger partial charge >= 0.3 is 5.97 Å². The number of carboxylic acids is 1. The van der Waals surface area contributed by atoms with Crippen molar-refractivity contribution < 1.29 is 19.8 Å². The van der Waals surface area contributed by atoms with Gasteiger partial charge in [0.1, 0.15) is 0 Å². The number of aliphatic carboxylic acids is 1. The Hall–Kier alpha value is 4.50. The highest BCUT2D eigenvalue weighted by molar-refractivity contribution is 8.79. The Morgan fingerprint density at radius 3 is 1.13 bits per heavy atom. The summed E-state index contributed by atoms with van der Waals surface area (Å²) in [5, 5.41) is 20.9. The molecule has 1 aromatic rings. The van der Waals surface area contributed by atoms with Gasteiger partial charge in [0.05, 0.1) is 12.3 Å². The quantitative estimate of drug-likeness (QED) is 0.338. The molecule has 1 rings (SSSR count). The molecule has 45 heavy (non-hydrogen) atoms. The molecule has 0 saturated heterocycles. The van der Waals surface area contributed by atoms with E-state index >= 15 is 0 Å². The van der Waals surface area contributed by atoms with Crippen LogP contribution < -0.4 is 0 Å². The SMILES string of the molecule is C/C(=N\OCC(=O)O)c1ccc(CO)cc1.S=S=S=S=S=S=S=S=S=S=S=S=S=S=S=S=S=S=S=S=S=S=S=S=S=S=S=S=S. The molecule has 5 nitrogen and oxygen atoms in total. The highest BCUT2D eigenvalue weighted by Crippen LogP contribution is 2.06. The molecule has 0 amide bonds. The Balaban J connectivity index is 0.00000101. The van der Waals surface area contributed by atoms with Crippen LogP contribution in [0.1, 0.15) is 18.1 Å². The minimum Gasteiger partial charge on any atom is -0.479 e. The molecule has 2 N–H and O–H groups in total. The van der Waals surface area contributed by atoms with Crippen LogP contribution in [0.5, 0.6) is 0 Å².